The molecule has 1 aliphatic heterocycles. The minimum atomic E-state index is -5.08. The molecule has 0 aliphatic carbocycles. The van der Waals surface area contributed by atoms with Crippen LogP contribution in [-0.4, -0.2) is 54.8 Å². The number of alkyl halides is 3. The number of carboxylic acids is 2. The van der Waals surface area contributed by atoms with Crippen LogP contribution >= 0.6 is 0 Å². The van der Waals surface area contributed by atoms with Crippen LogP contribution < -0.4 is 9.62 Å². The number of halogens is 3. The Labute approximate surface area is 194 Å². The van der Waals surface area contributed by atoms with E-state index >= 15 is 0 Å². The van der Waals surface area contributed by atoms with E-state index in [1.54, 1.807) is 24.3 Å². The van der Waals surface area contributed by atoms with E-state index in [2.05, 4.69) is 9.71 Å². The van der Waals surface area contributed by atoms with E-state index in [1.807, 2.05) is 18.7 Å². The van der Waals surface area contributed by atoms with E-state index in [9.17, 15) is 31.5 Å². The van der Waals surface area contributed by atoms with Gasteiger partial charge in [0.2, 0.25) is 0 Å². The van der Waals surface area contributed by atoms with Crippen LogP contribution in [0.5, 0.6) is 0 Å². The number of pyridine rings is 1. The summed E-state index contributed by atoms with van der Waals surface area (Å²) in [4.78, 5) is 26.8. The van der Waals surface area contributed by atoms with Crippen molar-refractivity contribution in [2.24, 2.45) is 0 Å². The maximum atomic E-state index is 12.6. The number of aromatic carboxylic acids is 1. The van der Waals surface area contributed by atoms with Gasteiger partial charge in [0.25, 0.3) is 10.0 Å². The largest absolute Gasteiger partial charge is 0.490 e. The highest BCUT2D eigenvalue weighted by atomic mass is 32.2. The van der Waals surface area contributed by atoms with Gasteiger partial charge in [-0.2, -0.15) is 13.2 Å². The van der Waals surface area contributed by atoms with Crippen LogP contribution in [0.4, 0.5) is 24.7 Å². The topological polar surface area (TPSA) is 137 Å². The SMILES string of the molecule is CC(C)c1ccc(S(=O)(=O)Nc2cnc(N3CCCC3)c(C(=O)O)c2)cc1.O=C(O)C(F)(F)F. The second kappa shape index (κ2) is 10.7. The van der Waals surface area contributed by atoms with Crippen LogP contribution in [-0.2, 0) is 14.8 Å². The fourth-order valence-electron chi connectivity index (χ4n) is 3.10. The molecule has 9 nitrogen and oxygen atoms in total. The molecule has 0 amide bonds. The molecule has 2 aromatic rings. The van der Waals surface area contributed by atoms with Crippen molar-refractivity contribution in [2.75, 3.05) is 22.7 Å². The lowest BCUT2D eigenvalue weighted by Gasteiger charge is -2.19. The van der Waals surface area contributed by atoms with Crippen molar-refractivity contribution in [3.05, 3.63) is 47.7 Å². The average Bonchev–Trinajstić information content (AvgIpc) is 3.28. The van der Waals surface area contributed by atoms with Crippen LogP contribution in [0.3, 0.4) is 0 Å². The molecule has 0 radical (unpaired) electrons. The number of anilines is 2. The Morgan fingerprint density at radius 3 is 2.06 bits per heavy atom. The third-order valence-corrected chi connectivity index (χ3v) is 6.25. The zero-order valence-corrected chi connectivity index (χ0v) is 19.2. The number of sulfonamides is 1. The van der Waals surface area contributed by atoms with Crippen LogP contribution in [0, 0.1) is 0 Å². The van der Waals surface area contributed by atoms with Gasteiger partial charge >= 0.3 is 18.1 Å². The van der Waals surface area contributed by atoms with Crippen molar-refractivity contribution in [1.29, 1.82) is 0 Å². The monoisotopic (exact) mass is 503 g/mol. The Balaban J connectivity index is 0.000000509. The Morgan fingerprint density at radius 1 is 1.09 bits per heavy atom. The Bertz CT molecular complexity index is 1130. The van der Waals surface area contributed by atoms with Crippen molar-refractivity contribution in [3.63, 3.8) is 0 Å². The van der Waals surface area contributed by atoms with Crippen LogP contribution in [0.2, 0.25) is 0 Å². The van der Waals surface area contributed by atoms with Crippen molar-refractivity contribution in [1.82, 2.24) is 4.98 Å². The van der Waals surface area contributed by atoms with E-state index in [0.29, 0.717) is 11.7 Å². The van der Waals surface area contributed by atoms with Crippen LogP contribution in [0.15, 0.2) is 41.4 Å². The number of aliphatic carboxylic acids is 1. The molecule has 1 fully saturated rings. The van der Waals surface area contributed by atoms with Crippen molar-refractivity contribution in [3.8, 4) is 0 Å². The molecule has 0 bridgehead atoms. The van der Waals surface area contributed by atoms with E-state index in [1.165, 1.54) is 12.3 Å². The molecule has 1 saturated heterocycles. The minimum Gasteiger partial charge on any atom is -0.478 e. The van der Waals surface area contributed by atoms with Crippen LogP contribution in [0.25, 0.3) is 0 Å². The number of nitrogens with zero attached hydrogens (tertiary/aromatic N) is 2. The van der Waals surface area contributed by atoms with Gasteiger partial charge in [-0.05, 0) is 42.5 Å². The number of carboxylic acid groups (broad SMARTS) is 2. The summed E-state index contributed by atoms with van der Waals surface area (Å²) in [6.45, 7) is 5.56. The molecular weight excluding hydrogens is 479 g/mol. The second-order valence-corrected chi connectivity index (χ2v) is 9.41. The molecule has 1 aromatic carbocycles. The highest BCUT2D eigenvalue weighted by molar-refractivity contribution is 7.92. The van der Waals surface area contributed by atoms with Gasteiger partial charge in [-0.3, -0.25) is 4.72 Å². The van der Waals surface area contributed by atoms with Crippen molar-refractivity contribution >= 4 is 33.5 Å². The molecule has 3 N–H and O–H groups in total. The standard InChI is InChI=1S/C19H23N3O4S.C2HF3O2/c1-13(2)14-5-7-16(8-6-14)27(25,26)21-15-11-17(19(23)24)18(20-12-15)22-9-3-4-10-22;3-2(4,5)1(6)7/h5-8,11-13,21H,3-4,9-10H2,1-2H3,(H,23,24);(H,6,7). The zero-order valence-electron chi connectivity index (χ0n) is 18.3. The van der Waals surface area contributed by atoms with Gasteiger partial charge in [0.1, 0.15) is 11.4 Å². The molecule has 0 atom stereocenters. The first kappa shape index (κ1) is 26.9. The Hall–Kier alpha value is -3.35. The first-order valence-corrected chi connectivity index (χ1v) is 11.6. The highest BCUT2D eigenvalue weighted by Crippen LogP contribution is 2.26. The lowest BCUT2D eigenvalue weighted by molar-refractivity contribution is -0.192. The van der Waals surface area contributed by atoms with Gasteiger partial charge < -0.3 is 15.1 Å². The van der Waals surface area contributed by atoms with Gasteiger partial charge in [0.15, 0.2) is 0 Å². The highest BCUT2D eigenvalue weighted by Gasteiger charge is 2.38. The summed E-state index contributed by atoms with van der Waals surface area (Å²) in [5.41, 5.74) is 1.16. The number of hydrogen-bond acceptors (Lipinski definition) is 6. The van der Waals surface area contributed by atoms with Gasteiger partial charge in [-0.1, -0.05) is 26.0 Å². The predicted molar refractivity (Wildman–Crippen MR) is 118 cm³/mol. The number of nitrogens with one attached hydrogen (secondary N) is 1. The minimum absolute atomic E-state index is 0.00717. The Morgan fingerprint density at radius 2 is 1.62 bits per heavy atom. The summed E-state index contributed by atoms with van der Waals surface area (Å²) in [5, 5.41) is 16.6. The predicted octanol–water partition coefficient (Wildman–Crippen LogP) is 3.94. The van der Waals surface area contributed by atoms with E-state index in [0.717, 1.165) is 31.5 Å². The fraction of sp³-hybridized carbons (Fsp3) is 0.381. The number of benzene rings is 1. The van der Waals surface area contributed by atoms with E-state index < -0.39 is 28.1 Å². The molecular formula is C21H24F3N3O6S. The lowest BCUT2D eigenvalue weighted by Crippen LogP contribution is -2.22. The molecule has 34 heavy (non-hydrogen) atoms. The summed E-state index contributed by atoms with van der Waals surface area (Å²) in [6.07, 6.45) is -1.75. The summed E-state index contributed by atoms with van der Waals surface area (Å²) < 4.78 is 59.4. The van der Waals surface area contributed by atoms with Gasteiger partial charge in [-0.25, -0.2) is 23.0 Å². The normalized spacial score (nSPS) is 13.9. The third kappa shape index (κ3) is 7.07. The zero-order chi connectivity index (χ0) is 25.7. The quantitative estimate of drug-likeness (QED) is 0.539. The van der Waals surface area contributed by atoms with Gasteiger partial charge in [0, 0.05) is 13.1 Å². The molecule has 0 saturated carbocycles. The smallest absolute Gasteiger partial charge is 0.478 e. The molecule has 0 unspecified atom stereocenters. The number of aromatic nitrogens is 1. The summed E-state index contributed by atoms with van der Waals surface area (Å²) in [6, 6.07) is 7.96. The van der Waals surface area contributed by atoms with Crippen LogP contribution in [0.1, 0.15) is 48.5 Å². The third-order valence-electron chi connectivity index (χ3n) is 4.85. The van der Waals surface area contributed by atoms with E-state index in [-0.39, 0.29) is 16.1 Å². The summed E-state index contributed by atoms with van der Waals surface area (Å²) >= 11 is 0. The lowest BCUT2D eigenvalue weighted by atomic mass is 10.0. The molecule has 3 rings (SSSR count). The molecule has 1 aromatic heterocycles. The number of hydrogen-bond donors (Lipinski definition) is 3. The molecule has 1 aliphatic rings. The van der Waals surface area contributed by atoms with E-state index in [4.69, 9.17) is 9.90 Å². The first-order chi connectivity index (χ1) is 15.7. The molecule has 2 heterocycles. The summed E-state index contributed by atoms with van der Waals surface area (Å²) in [5.74, 6) is -3.21. The molecule has 186 valence electrons. The number of rotatable bonds is 6. The first-order valence-electron chi connectivity index (χ1n) is 10.1. The van der Waals surface area contributed by atoms with Crippen molar-refractivity contribution in [2.45, 2.75) is 43.7 Å². The Kier molecular flexibility index (Phi) is 8.48. The average molecular weight is 503 g/mol. The fourth-order valence-corrected chi connectivity index (χ4v) is 4.13. The molecule has 13 heteroatoms. The molecule has 0 spiro atoms. The maximum absolute atomic E-state index is 12.6. The van der Waals surface area contributed by atoms with Crippen molar-refractivity contribution < 1.29 is 41.4 Å². The number of carbonyl (C=O) groups is 2. The van der Waals surface area contributed by atoms with Gasteiger partial charge in [-0.15, -0.1) is 0 Å². The maximum Gasteiger partial charge on any atom is 0.490 e. The second-order valence-electron chi connectivity index (χ2n) is 7.73. The summed E-state index contributed by atoms with van der Waals surface area (Å²) in [7, 11) is -3.83. The van der Waals surface area contributed by atoms with Gasteiger partial charge in [0.05, 0.1) is 16.8 Å².